The Morgan fingerprint density at radius 1 is 1.00 bits per heavy atom. The van der Waals surface area contributed by atoms with Gasteiger partial charge in [0.15, 0.2) is 0 Å². The molecule has 0 aliphatic carbocycles. The van der Waals surface area contributed by atoms with Crippen molar-refractivity contribution in [2.45, 2.75) is 13.1 Å². The van der Waals surface area contributed by atoms with Gasteiger partial charge in [-0.2, -0.15) is 22.0 Å². The van der Waals surface area contributed by atoms with E-state index in [2.05, 4.69) is 0 Å². The van der Waals surface area contributed by atoms with Gasteiger partial charge < -0.3 is 0 Å². The first-order chi connectivity index (χ1) is 5.14. The molecule has 0 N–H and O–H groups in total. The molecule has 0 heterocycles. The summed E-state index contributed by atoms with van der Waals surface area (Å²) in [6.45, 7) is -0.155. The van der Waals surface area contributed by atoms with Crippen molar-refractivity contribution in [2.24, 2.45) is 5.41 Å². The second kappa shape index (κ2) is 2.80. The third-order valence-electron chi connectivity index (χ3n) is 1.35. The Hall–Kier alpha value is -1.01. The zero-order chi connectivity index (χ0) is 10.2. The molecule has 0 atom stereocenters. The molecular weight excluding hydrogens is 187 g/mol. The fraction of sp³-hybridized carbons (Fsp3) is 0.600. The van der Waals surface area contributed by atoms with Crippen LogP contribution in [-0.4, -0.2) is 18.3 Å². The van der Waals surface area contributed by atoms with Gasteiger partial charge in [0, 0.05) is 0 Å². The van der Waals surface area contributed by atoms with E-state index < -0.39 is 23.7 Å². The first kappa shape index (κ1) is 11.0. The molecule has 0 aromatic carbocycles. The van der Waals surface area contributed by atoms with Gasteiger partial charge in [-0.15, -0.1) is 0 Å². The van der Waals surface area contributed by atoms with Crippen LogP contribution in [0.5, 0.6) is 0 Å². The summed E-state index contributed by atoms with van der Waals surface area (Å²) in [5.41, 5.74) is -4.17. The monoisotopic (exact) mass is 190 g/mol. The third-order valence-corrected chi connectivity index (χ3v) is 1.35. The molecule has 0 unspecified atom stereocenters. The van der Waals surface area contributed by atoms with Crippen LogP contribution in [0.4, 0.5) is 22.0 Å². The van der Waals surface area contributed by atoms with Crippen molar-refractivity contribution in [3.8, 4) is 0 Å². The third kappa shape index (κ3) is 1.44. The van der Waals surface area contributed by atoms with Crippen molar-refractivity contribution in [3.05, 3.63) is 0 Å². The number of halogens is 5. The Kier molecular flexibility index (Phi) is 2.56. The van der Waals surface area contributed by atoms with E-state index in [1.807, 2.05) is 0 Å². The summed E-state index contributed by atoms with van der Waals surface area (Å²) in [6.07, 6.45) is -5.55. The van der Waals surface area contributed by atoms with E-state index in [1.165, 1.54) is 0 Å². The topological polar surface area (TPSA) is 34.1 Å². The summed E-state index contributed by atoms with van der Waals surface area (Å²) in [6, 6.07) is -6.11. The molecule has 2 nitrogen and oxygen atoms in total. The highest BCUT2D eigenvalue weighted by Gasteiger charge is 2.63. The molecule has 0 saturated carbocycles. The number of hydrogen-bond acceptors (Lipinski definition) is 2. The van der Waals surface area contributed by atoms with E-state index in [9.17, 15) is 31.5 Å². The van der Waals surface area contributed by atoms with Crippen LogP contribution in [0.1, 0.15) is 6.92 Å². The van der Waals surface area contributed by atoms with Crippen LogP contribution in [0.3, 0.4) is 0 Å². The maximum absolute atomic E-state index is 11.7. The molecule has 0 aromatic rings. The van der Waals surface area contributed by atoms with Crippen LogP contribution >= 0.6 is 0 Å². The molecule has 0 rings (SSSR count). The van der Waals surface area contributed by atoms with Gasteiger partial charge in [0.25, 0.3) is 0 Å². The van der Waals surface area contributed by atoms with Gasteiger partial charge in [0.05, 0.1) is 0 Å². The summed E-state index contributed by atoms with van der Waals surface area (Å²) in [5, 5.41) is 0. The molecule has 0 saturated heterocycles. The normalized spacial score (nSPS) is 12.8. The van der Waals surface area contributed by atoms with Crippen LogP contribution in [0.2, 0.25) is 0 Å². The van der Waals surface area contributed by atoms with Crippen molar-refractivity contribution in [3.63, 3.8) is 0 Å². The van der Waals surface area contributed by atoms with E-state index in [0.717, 1.165) is 0 Å². The summed E-state index contributed by atoms with van der Waals surface area (Å²) in [7, 11) is 0. The molecule has 7 heteroatoms. The van der Waals surface area contributed by atoms with Gasteiger partial charge >= 0.3 is 18.3 Å². The van der Waals surface area contributed by atoms with E-state index >= 15 is 0 Å². The lowest BCUT2D eigenvalue weighted by atomic mass is 9.92. The van der Waals surface area contributed by atoms with E-state index in [0.29, 0.717) is 0 Å². The van der Waals surface area contributed by atoms with Crippen molar-refractivity contribution in [2.75, 3.05) is 0 Å². The highest BCUT2D eigenvalue weighted by Crippen LogP contribution is 2.40. The van der Waals surface area contributed by atoms with Crippen LogP contribution in [0.25, 0.3) is 0 Å². The van der Waals surface area contributed by atoms with Crippen LogP contribution in [-0.2, 0) is 9.59 Å². The minimum absolute atomic E-state index is 0.155. The highest BCUT2D eigenvalue weighted by atomic mass is 19.4. The average Bonchev–Trinajstić information content (AvgIpc) is 1.82. The zero-order valence-corrected chi connectivity index (χ0v) is 5.71. The standard InChI is InChI=1S/C5H3F5O2/c1-4(2(6)11,3(7)12)5(8,9)10/h1H3. The first-order valence-corrected chi connectivity index (χ1v) is 2.60. The number of rotatable bonds is 2. The predicted molar refractivity (Wildman–Crippen MR) is 26.4 cm³/mol. The first-order valence-electron chi connectivity index (χ1n) is 2.60. The number of hydrogen-bond donors (Lipinski definition) is 0. The number of carbonyl (C=O) groups excluding carboxylic acids is 2. The van der Waals surface area contributed by atoms with Crippen molar-refractivity contribution >= 4 is 12.1 Å². The highest BCUT2D eigenvalue weighted by molar-refractivity contribution is 5.99. The molecule has 0 amide bonds. The van der Waals surface area contributed by atoms with Gasteiger partial charge in [0.1, 0.15) is 0 Å². The molecule has 0 bridgehead atoms. The molecule has 0 spiro atoms. The molecule has 12 heavy (non-hydrogen) atoms. The molecule has 0 aliphatic heterocycles. The molecule has 70 valence electrons. The Balaban J connectivity index is 5.17. The van der Waals surface area contributed by atoms with Crippen LogP contribution < -0.4 is 0 Å². The van der Waals surface area contributed by atoms with Crippen molar-refractivity contribution in [1.29, 1.82) is 0 Å². The Morgan fingerprint density at radius 2 is 1.25 bits per heavy atom. The molecule has 0 aromatic heterocycles. The SMILES string of the molecule is CC(C(=O)F)(C(=O)F)C(F)(F)F. The van der Waals surface area contributed by atoms with E-state index in [-0.39, 0.29) is 6.92 Å². The minimum atomic E-state index is -5.55. The summed E-state index contributed by atoms with van der Waals surface area (Å²) in [5.74, 6) is 0. The van der Waals surface area contributed by atoms with Gasteiger partial charge in [-0.1, -0.05) is 0 Å². The van der Waals surface area contributed by atoms with E-state index in [1.54, 1.807) is 0 Å². The lowest BCUT2D eigenvalue weighted by Gasteiger charge is -2.21. The van der Waals surface area contributed by atoms with Gasteiger partial charge in [-0.25, -0.2) is 0 Å². The Morgan fingerprint density at radius 3 is 1.25 bits per heavy atom. The molecule has 0 aliphatic rings. The molecule has 0 radical (unpaired) electrons. The fourth-order valence-electron chi connectivity index (χ4n) is 0.300. The quantitative estimate of drug-likeness (QED) is 0.376. The van der Waals surface area contributed by atoms with Gasteiger partial charge in [0.2, 0.25) is 5.41 Å². The van der Waals surface area contributed by atoms with Gasteiger partial charge in [-0.3, -0.25) is 9.59 Å². The predicted octanol–water partition coefficient (Wildman–Crippen LogP) is 1.55. The van der Waals surface area contributed by atoms with Crippen LogP contribution in [0, 0.1) is 5.41 Å². The maximum Gasteiger partial charge on any atom is 0.413 e. The van der Waals surface area contributed by atoms with Crippen molar-refractivity contribution < 1.29 is 31.5 Å². The van der Waals surface area contributed by atoms with Crippen LogP contribution in [0.15, 0.2) is 0 Å². The summed E-state index contributed by atoms with van der Waals surface area (Å²) < 4.78 is 58.4. The smallest absolute Gasteiger partial charge is 0.260 e. The molecular formula is C5H3F5O2. The largest absolute Gasteiger partial charge is 0.413 e. The second-order valence-corrected chi connectivity index (χ2v) is 2.17. The lowest BCUT2D eigenvalue weighted by molar-refractivity contribution is -0.223. The fourth-order valence-corrected chi connectivity index (χ4v) is 0.300. The maximum atomic E-state index is 11.7. The lowest BCUT2D eigenvalue weighted by Crippen LogP contribution is -2.45. The van der Waals surface area contributed by atoms with Gasteiger partial charge in [-0.05, 0) is 6.92 Å². The van der Waals surface area contributed by atoms with E-state index in [4.69, 9.17) is 0 Å². The minimum Gasteiger partial charge on any atom is -0.260 e. The summed E-state index contributed by atoms with van der Waals surface area (Å²) in [4.78, 5) is 19.4. The number of carbonyl (C=O) groups is 2. The second-order valence-electron chi connectivity index (χ2n) is 2.17. The summed E-state index contributed by atoms with van der Waals surface area (Å²) >= 11 is 0. The molecule has 0 fully saturated rings. The Labute approximate surface area is 63.3 Å². The zero-order valence-electron chi connectivity index (χ0n) is 5.71. The Bertz CT molecular complexity index is 204. The average molecular weight is 190 g/mol. The van der Waals surface area contributed by atoms with Crippen molar-refractivity contribution in [1.82, 2.24) is 0 Å². The number of alkyl halides is 3.